The van der Waals surface area contributed by atoms with Crippen LogP contribution in [-0.2, 0) is 0 Å². The van der Waals surface area contributed by atoms with Gasteiger partial charge < -0.3 is 10.2 Å². The standard InChI is InChI=1S/C14H30O2Si/c1-8-17(9-2,10-3)12(14(6,7)16)11-13(4,5)15/h11,15-16H,8-10H2,1-7H3/b12-11-. The first kappa shape index (κ1) is 16.9. The zero-order chi connectivity index (χ0) is 13.9. The van der Waals surface area contributed by atoms with Crippen molar-refractivity contribution < 1.29 is 10.2 Å². The van der Waals surface area contributed by atoms with E-state index in [1.165, 1.54) is 0 Å². The molecule has 17 heavy (non-hydrogen) atoms. The Kier molecular flexibility index (Phi) is 5.64. The third kappa shape index (κ3) is 4.57. The summed E-state index contributed by atoms with van der Waals surface area (Å²) in [7, 11) is -1.64. The molecule has 0 aliphatic carbocycles. The Balaban J connectivity index is 5.71. The van der Waals surface area contributed by atoms with E-state index in [1.807, 2.05) is 19.9 Å². The van der Waals surface area contributed by atoms with Crippen molar-refractivity contribution in [2.24, 2.45) is 0 Å². The van der Waals surface area contributed by atoms with Crippen LogP contribution in [0.3, 0.4) is 0 Å². The minimum Gasteiger partial charge on any atom is -0.386 e. The van der Waals surface area contributed by atoms with E-state index < -0.39 is 19.3 Å². The van der Waals surface area contributed by atoms with Crippen LogP contribution in [0.15, 0.2) is 11.3 Å². The summed E-state index contributed by atoms with van der Waals surface area (Å²) < 4.78 is 0. The smallest absolute Gasteiger partial charge is 0.0841 e. The van der Waals surface area contributed by atoms with E-state index in [-0.39, 0.29) is 0 Å². The topological polar surface area (TPSA) is 40.5 Å². The van der Waals surface area contributed by atoms with Crippen molar-refractivity contribution in [2.75, 3.05) is 0 Å². The van der Waals surface area contributed by atoms with Gasteiger partial charge in [0.15, 0.2) is 0 Å². The first-order valence-electron chi connectivity index (χ1n) is 6.71. The van der Waals surface area contributed by atoms with Crippen molar-refractivity contribution in [3.05, 3.63) is 11.3 Å². The van der Waals surface area contributed by atoms with E-state index in [9.17, 15) is 10.2 Å². The summed E-state index contributed by atoms with van der Waals surface area (Å²) in [6.07, 6.45) is 1.90. The van der Waals surface area contributed by atoms with Crippen LogP contribution in [0.1, 0.15) is 48.5 Å². The van der Waals surface area contributed by atoms with E-state index in [4.69, 9.17) is 0 Å². The molecule has 0 saturated heterocycles. The SMILES string of the molecule is CC[Si](CC)(CC)/C(=C\C(C)(C)O)C(C)(C)O. The molecule has 0 fully saturated rings. The molecular weight excluding hydrogens is 228 g/mol. The van der Waals surface area contributed by atoms with Crippen LogP contribution in [0.5, 0.6) is 0 Å². The van der Waals surface area contributed by atoms with Crippen LogP contribution in [0.25, 0.3) is 0 Å². The summed E-state index contributed by atoms with van der Waals surface area (Å²) in [4.78, 5) is 0. The molecule has 0 aromatic heterocycles. The fourth-order valence-electron chi connectivity index (χ4n) is 2.65. The van der Waals surface area contributed by atoms with Crippen molar-refractivity contribution >= 4 is 8.07 Å². The van der Waals surface area contributed by atoms with Crippen molar-refractivity contribution in [3.63, 3.8) is 0 Å². The Bertz CT molecular complexity index is 257. The molecular formula is C14H30O2Si. The lowest BCUT2D eigenvalue weighted by atomic mass is 10.0. The van der Waals surface area contributed by atoms with E-state index in [2.05, 4.69) is 20.8 Å². The van der Waals surface area contributed by atoms with Gasteiger partial charge in [0.25, 0.3) is 0 Å². The molecule has 2 nitrogen and oxygen atoms in total. The maximum Gasteiger partial charge on any atom is 0.0841 e. The van der Waals surface area contributed by atoms with Gasteiger partial charge in [-0.25, -0.2) is 0 Å². The molecule has 0 unspecified atom stereocenters. The Morgan fingerprint density at radius 3 is 1.47 bits per heavy atom. The normalized spacial score (nSPS) is 15.2. The molecule has 0 spiro atoms. The maximum absolute atomic E-state index is 10.4. The highest BCUT2D eigenvalue weighted by molar-refractivity contribution is 6.86. The molecule has 0 atom stereocenters. The van der Waals surface area contributed by atoms with Gasteiger partial charge in [0.2, 0.25) is 0 Å². The Morgan fingerprint density at radius 1 is 0.941 bits per heavy atom. The van der Waals surface area contributed by atoms with Crippen LogP contribution in [-0.4, -0.2) is 29.5 Å². The molecule has 0 radical (unpaired) electrons. The number of hydrogen-bond acceptors (Lipinski definition) is 2. The largest absolute Gasteiger partial charge is 0.386 e. The third-order valence-corrected chi connectivity index (χ3v) is 9.72. The molecule has 0 aliphatic heterocycles. The van der Waals surface area contributed by atoms with Crippen LogP contribution >= 0.6 is 0 Å². The van der Waals surface area contributed by atoms with Crippen LogP contribution in [0.2, 0.25) is 18.1 Å². The lowest BCUT2D eigenvalue weighted by molar-refractivity contribution is 0.109. The number of hydrogen-bond donors (Lipinski definition) is 2. The van der Waals surface area contributed by atoms with E-state index in [0.717, 1.165) is 23.3 Å². The Hall–Kier alpha value is -0.123. The molecule has 0 aromatic carbocycles. The maximum atomic E-state index is 10.4. The van der Waals surface area contributed by atoms with Crippen molar-refractivity contribution in [3.8, 4) is 0 Å². The average molecular weight is 258 g/mol. The number of rotatable bonds is 6. The molecule has 2 N–H and O–H groups in total. The second-order valence-electron chi connectivity index (χ2n) is 6.11. The second kappa shape index (κ2) is 5.68. The molecule has 0 aliphatic rings. The highest BCUT2D eigenvalue weighted by Crippen LogP contribution is 2.36. The summed E-state index contributed by atoms with van der Waals surface area (Å²) in [6.45, 7) is 13.9. The summed E-state index contributed by atoms with van der Waals surface area (Å²) in [5, 5.41) is 21.6. The third-order valence-electron chi connectivity index (χ3n) is 3.76. The molecule has 0 aromatic rings. The monoisotopic (exact) mass is 258 g/mol. The van der Waals surface area contributed by atoms with Crippen molar-refractivity contribution in [2.45, 2.75) is 77.8 Å². The molecule has 102 valence electrons. The summed E-state index contributed by atoms with van der Waals surface area (Å²) in [6, 6.07) is 3.35. The lowest BCUT2D eigenvalue weighted by Crippen LogP contribution is -2.45. The lowest BCUT2D eigenvalue weighted by Gasteiger charge is -2.39. The molecule has 3 heteroatoms. The summed E-state index contributed by atoms with van der Waals surface area (Å²) in [5.41, 5.74) is -1.68. The highest BCUT2D eigenvalue weighted by atomic mass is 28.3. The fraction of sp³-hybridized carbons (Fsp3) is 0.857. The van der Waals surface area contributed by atoms with E-state index in [0.29, 0.717) is 0 Å². The molecule has 0 bridgehead atoms. The minimum absolute atomic E-state index is 0.825. The van der Waals surface area contributed by atoms with Gasteiger partial charge in [-0.1, -0.05) is 50.2 Å². The fourth-order valence-corrected chi connectivity index (χ4v) is 7.25. The van der Waals surface area contributed by atoms with Gasteiger partial charge >= 0.3 is 0 Å². The molecule has 0 heterocycles. The molecule has 0 saturated carbocycles. The average Bonchev–Trinajstić information content (AvgIpc) is 2.16. The zero-order valence-corrected chi connectivity index (χ0v) is 13.6. The quantitative estimate of drug-likeness (QED) is 0.716. The summed E-state index contributed by atoms with van der Waals surface area (Å²) in [5.74, 6) is 0. The second-order valence-corrected chi connectivity index (χ2v) is 11.3. The van der Waals surface area contributed by atoms with Gasteiger partial charge in [0.05, 0.1) is 19.3 Å². The van der Waals surface area contributed by atoms with Crippen LogP contribution in [0, 0.1) is 0 Å². The van der Waals surface area contributed by atoms with E-state index in [1.54, 1.807) is 13.8 Å². The van der Waals surface area contributed by atoms with E-state index >= 15 is 0 Å². The Morgan fingerprint density at radius 2 is 1.29 bits per heavy atom. The van der Waals surface area contributed by atoms with Crippen molar-refractivity contribution in [1.29, 1.82) is 0 Å². The van der Waals surface area contributed by atoms with Crippen molar-refractivity contribution in [1.82, 2.24) is 0 Å². The van der Waals surface area contributed by atoms with Gasteiger partial charge in [0.1, 0.15) is 0 Å². The van der Waals surface area contributed by atoms with Gasteiger partial charge in [-0.3, -0.25) is 0 Å². The van der Waals surface area contributed by atoms with Gasteiger partial charge in [-0.05, 0) is 27.7 Å². The Labute approximate surface area is 108 Å². The predicted octanol–water partition coefficient (Wildman–Crippen LogP) is 3.50. The van der Waals surface area contributed by atoms with Gasteiger partial charge in [-0.15, -0.1) is 0 Å². The summed E-state index contributed by atoms with van der Waals surface area (Å²) >= 11 is 0. The predicted molar refractivity (Wildman–Crippen MR) is 77.9 cm³/mol. The highest BCUT2D eigenvalue weighted by Gasteiger charge is 2.39. The number of aliphatic hydroxyl groups is 2. The first-order chi connectivity index (χ1) is 7.52. The first-order valence-corrected chi connectivity index (χ1v) is 9.33. The molecule has 0 rings (SSSR count). The zero-order valence-electron chi connectivity index (χ0n) is 12.6. The molecule has 0 amide bonds. The van der Waals surface area contributed by atoms with Gasteiger partial charge in [0, 0.05) is 0 Å². The van der Waals surface area contributed by atoms with Crippen LogP contribution < -0.4 is 0 Å². The minimum atomic E-state index is -1.64. The van der Waals surface area contributed by atoms with Gasteiger partial charge in [-0.2, -0.15) is 0 Å². The van der Waals surface area contributed by atoms with Crippen LogP contribution in [0.4, 0.5) is 0 Å².